The standard InChI is InChI=1S/C14H17Cl2N3O/c1-9(2)5-6-19-14(13(8-20)17-18-19)10-3-4-11(15)12(16)7-10/h3-4,7,9,20H,5-6,8H2,1-2H3. The normalized spacial score (nSPS) is 11.3. The molecule has 0 aliphatic heterocycles. The molecule has 2 aromatic rings. The van der Waals surface area contributed by atoms with Crippen molar-refractivity contribution in [3.63, 3.8) is 0 Å². The van der Waals surface area contributed by atoms with E-state index < -0.39 is 0 Å². The molecular weight excluding hydrogens is 297 g/mol. The average molecular weight is 314 g/mol. The summed E-state index contributed by atoms with van der Waals surface area (Å²) in [7, 11) is 0. The minimum atomic E-state index is -0.155. The molecular formula is C14H17Cl2N3O. The second-order valence-corrected chi connectivity index (χ2v) is 5.89. The molecule has 1 aromatic heterocycles. The monoisotopic (exact) mass is 313 g/mol. The van der Waals surface area contributed by atoms with Crippen LogP contribution in [0.1, 0.15) is 26.0 Å². The molecule has 0 radical (unpaired) electrons. The molecule has 0 atom stereocenters. The summed E-state index contributed by atoms with van der Waals surface area (Å²) in [5, 5.41) is 18.5. The number of hydrogen-bond donors (Lipinski definition) is 1. The molecule has 1 heterocycles. The summed E-state index contributed by atoms with van der Waals surface area (Å²) in [6.45, 7) is 4.91. The maximum Gasteiger partial charge on any atom is 0.116 e. The van der Waals surface area contributed by atoms with Gasteiger partial charge in [0.15, 0.2) is 0 Å². The van der Waals surface area contributed by atoms with Crippen LogP contribution in [0.15, 0.2) is 18.2 Å². The third kappa shape index (κ3) is 3.32. The van der Waals surface area contributed by atoms with Gasteiger partial charge in [0.2, 0.25) is 0 Å². The van der Waals surface area contributed by atoms with Crippen LogP contribution in [0, 0.1) is 5.92 Å². The number of halogens is 2. The third-order valence-corrected chi connectivity index (χ3v) is 3.80. The van der Waals surface area contributed by atoms with Crippen molar-refractivity contribution in [3.05, 3.63) is 33.9 Å². The number of rotatable bonds is 5. The fraction of sp³-hybridized carbons (Fsp3) is 0.429. The van der Waals surface area contributed by atoms with E-state index in [0.717, 1.165) is 24.2 Å². The molecule has 0 amide bonds. The van der Waals surface area contributed by atoms with Crippen LogP contribution in [0.4, 0.5) is 0 Å². The maximum atomic E-state index is 9.42. The van der Waals surface area contributed by atoms with Crippen molar-refractivity contribution in [1.29, 1.82) is 0 Å². The quantitative estimate of drug-likeness (QED) is 0.913. The summed E-state index contributed by atoms with van der Waals surface area (Å²) >= 11 is 12.0. The smallest absolute Gasteiger partial charge is 0.116 e. The van der Waals surface area contributed by atoms with Gasteiger partial charge < -0.3 is 5.11 Å². The van der Waals surface area contributed by atoms with E-state index in [-0.39, 0.29) is 6.61 Å². The lowest BCUT2D eigenvalue weighted by atomic mass is 10.1. The van der Waals surface area contributed by atoms with Crippen molar-refractivity contribution in [3.8, 4) is 11.3 Å². The highest BCUT2D eigenvalue weighted by Crippen LogP contribution is 2.30. The summed E-state index contributed by atoms with van der Waals surface area (Å²) in [6.07, 6.45) is 0.989. The molecule has 1 N–H and O–H groups in total. The number of benzene rings is 1. The molecule has 2 rings (SSSR count). The molecule has 108 valence electrons. The Hall–Kier alpha value is -1.10. The fourth-order valence-corrected chi connectivity index (χ4v) is 2.25. The van der Waals surface area contributed by atoms with Crippen LogP contribution in [0.5, 0.6) is 0 Å². The number of aryl methyl sites for hydroxylation is 1. The Kier molecular flexibility index (Phi) is 5.02. The zero-order valence-electron chi connectivity index (χ0n) is 11.5. The van der Waals surface area contributed by atoms with E-state index in [1.54, 1.807) is 12.1 Å². The summed E-state index contributed by atoms with van der Waals surface area (Å²) in [6, 6.07) is 5.37. The molecule has 0 spiro atoms. The van der Waals surface area contributed by atoms with Gasteiger partial charge in [0.05, 0.1) is 22.3 Å². The average Bonchev–Trinajstić information content (AvgIpc) is 2.82. The van der Waals surface area contributed by atoms with Crippen LogP contribution in [0.25, 0.3) is 11.3 Å². The zero-order valence-corrected chi connectivity index (χ0v) is 13.0. The molecule has 4 nitrogen and oxygen atoms in total. The largest absolute Gasteiger partial charge is 0.390 e. The zero-order chi connectivity index (χ0) is 14.7. The Balaban J connectivity index is 2.41. The van der Waals surface area contributed by atoms with E-state index >= 15 is 0 Å². The lowest BCUT2D eigenvalue weighted by Crippen LogP contribution is -2.06. The molecule has 0 unspecified atom stereocenters. The van der Waals surface area contributed by atoms with Gasteiger partial charge in [-0.2, -0.15) is 0 Å². The first-order valence-electron chi connectivity index (χ1n) is 6.51. The van der Waals surface area contributed by atoms with E-state index in [1.807, 2.05) is 10.7 Å². The highest BCUT2D eigenvalue weighted by Gasteiger charge is 2.15. The SMILES string of the molecule is CC(C)CCn1nnc(CO)c1-c1ccc(Cl)c(Cl)c1. The first-order chi connectivity index (χ1) is 9.52. The first-order valence-corrected chi connectivity index (χ1v) is 7.27. The van der Waals surface area contributed by atoms with Gasteiger partial charge in [0.1, 0.15) is 5.69 Å². The van der Waals surface area contributed by atoms with Crippen molar-refractivity contribution >= 4 is 23.2 Å². The highest BCUT2D eigenvalue weighted by atomic mass is 35.5. The van der Waals surface area contributed by atoms with Gasteiger partial charge in [-0.1, -0.05) is 48.3 Å². The number of aliphatic hydroxyl groups is 1. The van der Waals surface area contributed by atoms with E-state index in [2.05, 4.69) is 24.2 Å². The van der Waals surface area contributed by atoms with Gasteiger partial charge in [-0.15, -0.1) is 5.10 Å². The Bertz CT molecular complexity index is 596. The Morgan fingerprint density at radius 3 is 2.60 bits per heavy atom. The van der Waals surface area contributed by atoms with Crippen molar-refractivity contribution < 1.29 is 5.11 Å². The topological polar surface area (TPSA) is 50.9 Å². The van der Waals surface area contributed by atoms with Crippen LogP contribution < -0.4 is 0 Å². The summed E-state index contributed by atoms with van der Waals surface area (Å²) in [4.78, 5) is 0. The fourth-order valence-electron chi connectivity index (χ4n) is 1.95. The Labute approximate surface area is 128 Å². The summed E-state index contributed by atoms with van der Waals surface area (Å²) < 4.78 is 1.81. The number of nitrogens with zero attached hydrogens (tertiary/aromatic N) is 3. The summed E-state index contributed by atoms with van der Waals surface area (Å²) in [5.74, 6) is 0.568. The number of hydrogen-bond acceptors (Lipinski definition) is 3. The van der Waals surface area contributed by atoms with Gasteiger partial charge >= 0.3 is 0 Å². The van der Waals surface area contributed by atoms with Gasteiger partial charge in [0.25, 0.3) is 0 Å². The van der Waals surface area contributed by atoms with Gasteiger partial charge in [-0.3, -0.25) is 0 Å². The molecule has 0 bridgehead atoms. The molecule has 0 aliphatic carbocycles. The molecule has 6 heteroatoms. The summed E-state index contributed by atoms with van der Waals surface area (Å²) in [5.41, 5.74) is 2.20. The second kappa shape index (κ2) is 6.57. The minimum Gasteiger partial charge on any atom is -0.390 e. The second-order valence-electron chi connectivity index (χ2n) is 5.08. The van der Waals surface area contributed by atoms with Gasteiger partial charge in [0, 0.05) is 12.1 Å². The highest BCUT2D eigenvalue weighted by molar-refractivity contribution is 6.42. The molecule has 1 aromatic carbocycles. The minimum absolute atomic E-state index is 0.155. The molecule has 0 saturated carbocycles. The molecule has 0 fully saturated rings. The lowest BCUT2D eigenvalue weighted by Gasteiger charge is -2.10. The Morgan fingerprint density at radius 2 is 2.00 bits per heavy atom. The van der Waals surface area contributed by atoms with Gasteiger partial charge in [-0.25, -0.2) is 4.68 Å². The van der Waals surface area contributed by atoms with Crippen LogP contribution in [0.2, 0.25) is 10.0 Å². The third-order valence-electron chi connectivity index (χ3n) is 3.07. The van der Waals surface area contributed by atoms with Crippen molar-refractivity contribution in [2.75, 3.05) is 0 Å². The van der Waals surface area contributed by atoms with E-state index in [9.17, 15) is 5.11 Å². The van der Waals surface area contributed by atoms with E-state index in [1.165, 1.54) is 0 Å². The number of aliphatic hydroxyl groups excluding tert-OH is 1. The van der Waals surface area contributed by atoms with E-state index in [4.69, 9.17) is 23.2 Å². The van der Waals surface area contributed by atoms with Crippen LogP contribution in [-0.2, 0) is 13.2 Å². The molecule has 20 heavy (non-hydrogen) atoms. The lowest BCUT2D eigenvalue weighted by molar-refractivity contribution is 0.277. The first kappa shape index (κ1) is 15.3. The number of aromatic nitrogens is 3. The Morgan fingerprint density at radius 1 is 1.25 bits per heavy atom. The predicted molar refractivity (Wildman–Crippen MR) is 80.9 cm³/mol. The molecule has 0 aliphatic rings. The molecule has 0 saturated heterocycles. The van der Waals surface area contributed by atoms with Crippen molar-refractivity contribution in [1.82, 2.24) is 15.0 Å². The van der Waals surface area contributed by atoms with Crippen molar-refractivity contribution in [2.24, 2.45) is 5.92 Å². The van der Waals surface area contributed by atoms with Gasteiger partial charge in [-0.05, 0) is 24.5 Å². The van der Waals surface area contributed by atoms with Crippen LogP contribution >= 0.6 is 23.2 Å². The van der Waals surface area contributed by atoms with Crippen LogP contribution in [-0.4, -0.2) is 20.1 Å². The maximum absolute atomic E-state index is 9.42. The van der Waals surface area contributed by atoms with Crippen LogP contribution in [0.3, 0.4) is 0 Å². The van der Waals surface area contributed by atoms with Crippen molar-refractivity contribution in [2.45, 2.75) is 33.4 Å². The van der Waals surface area contributed by atoms with E-state index in [0.29, 0.717) is 21.7 Å². The predicted octanol–water partition coefficient (Wildman–Crippen LogP) is 3.79.